The van der Waals surface area contributed by atoms with E-state index in [0.29, 0.717) is 36.8 Å². The summed E-state index contributed by atoms with van der Waals surface area (Å²) in [7, 11) is 0. The van der Waals surface area contributed by atoms with Gasteiger partial charge in [-0.15, -0.1) is 0 Å². The van der Waals surface area contributed by atoms with Crippen molar-refractivity contribution >= 4 is 11.8 Å². The summed E-state index contributed by atoms with van der Waals surface area (Å²) in [5, 5.41) is 13.9. The van der Waals surface area contributed by atoms with E-state index >= 15 is 0 Å². The molecule has 1 aromatic heterocycles. The number of morpholine rings is 1. The molecular weight excluding hydrogens is 304 g/mol. The topological polar surface area (TPSA) is 91.3 Å². The predicted octanol–water partition coefficient (Wildman–Crippen LogP) is 1.67. The molecule has 1 saturated heterocycles. The summed E-state index contributed by atoms with van der Waals surface area (Å²) in [4.78, 5) is 8.68. The Labute approximate surface area is 141 Å². The molecule has 0 spiro atoms. The minimum atomic E-state index is 0.162. The fourth-order valence-corrected chi connectivity index (χ4v) is 2.84. The molecule has 0 bridgehead atoms. The summed E-state index contributed by atoms with van der Waals surface area (Å²) < 4.78 is 5.41. The third kappa shape index (κ3) is 3.15. The predicted molar refractivity (Wildman–Crippen MR) is 92.0 cm³/mol. The van der Waals surface area contributed by atoms with Gasteiger partial charge in [0, 0.05) is 25.2 Å². The smallest absolute Gasteiger partial charge is 0.222 e. The molecule has 0 saturated carbocycles. The van der Waals surface area contributed by atoms with Gasteiger partial charge in [-0.05, 0) is 6.92 Å². The lowest BCUT2D eigenvalue weighted by Crippen LogP contribution is -2.49. The molecule has 1 fully saturated rings. The molecule has 24 heavy (non-hydrogen) atoms. The van der Waals surface area contributed by atoms with Gasteiger partial charge in [-0.1, -0.05) is 30.3 Å². The van der Waals surface area contributed by atoms with Crippen LogP contribution in [0.4, 0.5) is 11.8 Å². The summed E-state index contributed by atoms with van der Waals surface area (Å²) in [5.41, 5.74) is 7.79. The van der Waals surface area contributed by atoms with E-state index in [1.165, 1.54) is 0 Å². The number of anilines is 2. The zero-order valence-corrected chi connectivity index (χ0v) is 13.6. The number of rotatable bonds is 4. The van der Waals surface area contributed by atoms with Crippen molar-refractivity contribution in [3.63, 3.8) is 0 Å². The second-order valence-electron chi connectivity index (χ2n) is 5.39. The minimum Gasteiger partial charge on any atom is -0.379 e. The SMILES string of the molecule is CCN(c1nc(N)nc(-c2ccccc2)c1C#N)N1CCOCC1. The quantitative estimate of drug-likeness (QED) is 0.914. The third-order valence-corrected chi connectivity index (χ3v) is 3.94. The Bertz CT molecular complexity index is 737. The van der Waals surface area contributed by atoms with Crippen LogP contribution in [0.3, 0.4) is 0 Å². The number of aromatic nitrogens is 2. The molecule has 0 amide bonds. The van der Waals surface area contributed by atoms with Crippen LogP contribution in [-0.2, 0) is 4.74 Å². The van der Waals surface area contributed by atoms with Crippen LogP contribution in [0.25, 0.3) is 11.3 Å². The number of hydrogen-bond acceptors (Lipinski definition) is 7. The summed E-state index contributed by atoms with van der Waals surface area (Å²) in [5.74, 6) is 0.711. The zero-order chi connectivity index (χ0) is 16.9. The van der Waals surface area contributed by atoms with Gasteiger partial charge in [0.1, 0.15) is 11.6 Å². The number of nitrogens with zero attached hydrogens (tertiary/aromatic N) is 5. The molecule has 0 radical (unpaired) electrons. The molecule has 2 heterocycles. The molecular formula is C17H20N6O. The molecule has 1 aliphatic rings. The highest BCUT2D eigenvalue weighted by molar-refractivity contribution is 5.74. The number of nitrogen functional groups attached to an aromatic ring is 1. The lowest BCUT2D eigenvalue weighted by atomic mass is 10.1. The Morgan fingerprint density at radius 2 is 1.96 bits per heavy atom. The van der Waals surface area contributed by atoms with Crippen molar-refractivity contribution in [2.75, 3.05) is 43.6 Å². The molecule has 7 nitrogen and oxygen atoms in total. The van der Waals surface area contributed by atoms with Gasteiger partial charge in [-0.25, -0.2) is 9.99 Å². The van der Waals surface area contributed by atoms with Gasteiger partial charge in [0.05, 0.1) is 18.9 Å². The van der Waals surface area contributed by atoms with Gasteiger partial charge in [-0.2, -0.15) is 10.2 Å². The summed E-state index contributed by atoms with van der Waals surface area (Å²) in [6.45, 7) is 5.53. The van der Waals surface area contributed by atoms with E-state index < -0.39 is 0 Å². The Morgan fingerprint density at radius 1 is 1.25 bits per heavy atom. The van der Waals surface area contributed by atoms with Crippen LogP contribution in [-0.4, -0.2) is 47.8 Å². The van der Waals surface area contributed by atoms with Crippen LogP contribution in [0, 0.1) is 11.3 Å². The first kappa shape index (κ1) is 16.2. The van der Waals surface area contributed by atoms with Crippen LogP contribution < -0.4 is 10.7 Å². The molecule has 124 valence electrons. The molecule has 0 unspecified atom stereocenters. The first-order valence-corrected chi connectivity index (χ1v) is 7.97. The Balaban J connectivity index is 2.10. The average Bonchev–Trinajstić information content (AvgIpc) is 2.63. The lowest BCUT2D eigenvalue weighted by molar-refractivity contribution is 0.0318. The molecule has 1 aliphatic heterocycles. The number of hydrazine groups is 1. The van der Waals surface area contributed by atoms with Gasteiger partial charge in [0.15, 0.2) is 5.82 Å². The Morgan fingerprint density at radius 3 is 2.58 bits per heavy atom. The largest absolute Gasteiger partial charge is 0.379 e. The monoisotopic (exact) mass is 324 g/mol. The van der Waals surface area contributed by atoms with Crippen LogP contribution >= 0.6 is 0 Å². The standard InChI is InChI=1S/C17H20N6O/c1-2-23(22-8-10-24-11-9-22)16-14(12-18)15(20-17(19)21-16)13-6-4-3-5-7-13/h3-7H,2,8-11H2,1H3,(H2,19,20,21). The third-order valence-electron chi connectivity index (χ3n) is 3.94. The van der Waals surface area contributed by atoms with E-state index in [2.05, 4.69) is 21.0 Å². The number of nitrogens with two attached hydrogens (primary N) is 1. The van der Waals surface area contributed by atoms with E-state index in [0.717, 1.165) is 18.7 Å². The maximum atomic E-state index is 9.75. The Kier molecular flexibility index (Phi) is 4.89. The summed E-state index contributed by atoms with van der Waals surface area (Å²) >= 11 is 0. The van der Waals surface area contributed by atoms with E-state index in [-0.39, 0.29) is 5.95 Å². The first-order valence-electron chi connectivity index (χ1n) is 7.97. The van der Waals surface area contributed by atoms with Gasteiger partial charge < -0.3 is 10.5 Å². The van der Waals surface area contributed by atoms with Gasteiger partial charge in [-0.3, -0.25) is 5.01 Å². The van der Waals surface area contributed by atoms with Crippen molar-refractivity contribution in [1.82, 2.24) is 15.0 Å². The second kappa shape index (κ2) is 7.25. The molecule has 0 aliphatic carbocycles. The van der Waals surface area contributed by atoms with Crippen LogP contribution in [0.1, 0.15) is 12.5 Å². The van der Waals surface area contributed by atoms with Gasteiger partial charge >= 0.3 is 0 Å². The van der Waals surface area contributed by atoms with Gasteiger partial charge in [0.25, 0.3) is 0 Å². The van der Waals surface area contributed by atoms with Crippen molar-refractivity contribution in [3.8, 4) is 17.3 Å². The van der Waals surface area contributed by atoms with Crippen LogP contribution in [0.2, 0.25) is 0 Å². The van der Waals surface area contributed by atoms with Crippen LogP contribution in [0.5, 0.6) is 0 Å². The fraction of sp³-hybridized carbons (Fsp3) is 0.353. The lowest BCUT2D eigenvalue weighted by Gasteiger charge is -2.37. The van der Waals surface area contributed by atoms with Crippen molar-refractivity contribution in [1.29, 1.82) is 5.26 Å². The molecule has 3 rings (SSSR count). The van der Waals surface area contributed by atoms with E-state index in [1.54, 1.807) is 0 Å². The average molecular weight is 324 g/mol. The van der Waals surface area contributed by atoms with Crippen LogP contribution in [0.15, 0.2) is 30.3 Å². The van der Waals surface area contributed by atoms with Crippen molar-refractivity contribution in [2.24, 2.45) is 0 Å². The second-order valence-corrected chi connectivity index (χ2v) is 5.39. The van der Waals surface area contributed by atoms with Crippen molar-refractivity contribution < 1.29 is 4.74 Å². The molecule has 1 aromatic carbocycles. The van der Waals surface area contributed by atoms with E-state index in [1.807, 2.05) is 42.3 Å². The number of hydrogen-bond donors (Lipinski definition) is 1. The van der Waals surface area contributed by atoms with Crippen molar-refractivity contribution in [2.45, 2.75) is 6.92 Å². The normalized spacial score (nSPS) is 15.0. The number of nitriles is 1. The Hall–Kier alpha value is -2.69. The molecule has 0 atom stereocenters. The van der Waals surface area contributed by atoms with E-state index in [4.69, 9.17) is 10.5 Å². The highest BCUT2D eigenvalue weighted by Crippen LogP contribution is 2.29. The fourth-order valence-electron chi connectivity index (χ4n) is 2.84. The number of ether oxygens (including phenoxy) is 1. The van der Waals surface area contributed by atoms with E-state index in [9.17, 15) is 5.26 Å². The molecule has 2 N–H and O–H groups in total. The maximum Gasteiger partial charge on any atom is 0.222 e. The highest BCUT2D eigenvalue weighted by atomic mass is 16.5. The molecule has 7 heteroatoms. The summed E-state index contributed by atoms with van der Waals surface area (Å²) in [6.07, 6.45) is 0. The zero-order valence-electron chi connectivity index (χ0n) is 13.6. The summed E-state index contributed by atoms with van der Waals surface area (Å²) in [6, 6.07) is 11.8. The molecule has 2 aromatic rings. The minimum absolute atomic E-state index is 0.162. The highest BCUT2D eigenvalue weighted by Gasteiger charge is 2.24. The van der Waals surface area contributed by atoms with Gasteiger partial charge in [0.2, 0.25) is 5.95 Å². The number of benzene rings is 1. The maximum absolute atomic E-state index is 9.75. The van der Waals surface area contributed by atoms with Crippen molar-refractivity contribution in [3.05, 3.63) is 35.9 Å². The first-order chi connectivity index (χ1) is 11.7.